The first kappa shape index (κ1) is 18.3. The molecule has 0 radical (unpaired) electrons. The number of halogens is 3. The van der Waals surface area contributed by atoms with E-state index in [2.05, 4.69) is 17.7 Å². The molecule has 17 heavy (non-hydrogen) atoms. The fourth-order valence-electron chi connectivity index (χ4n) is 0.675. The zero-order valence-electron chi connectivity index (χ0n) is 8.89. The molecule has 0 bridgehead atoms. The zero-order chi connectivity index (χ0) is 13.7. The molecular weight excluding hydrogens is 422 g/mol. The summed E-state index contributed by atoms with van der Waals surface area (Å²) in [5.41, 5.74) is 5.59. The van der Waals surface area contributed by atoms with Gasteiger partial charge in [0.25, 0.3) is 0 Å². The van der Waals surface area contributed by atoms with E-state index in [4.69, 9.17) is 41.1 Å². The third-order valence-electron chi connectivity index (χ3n) is 2.02. The van der Waals surface area contributed by atoms with Crippen LogP contribution in [-0.4, -0.2) is 30.2 Å². The van der Waals surface area contributed by atoms with Crippen molar-refractivity contribution in [2.24, 2.45) is 5.73 Å². The van der Waals surface area contributed by atoms with Crippen LogP contribution in [0.4, 0.5) is 0 Å². The van der Waals surface area contributed by atoms with Gasteiger partial charge in [0.2, 0.25) is 0 Å². The van der Waals surface area contributed by atoms with E-state index in [0.29, 0.717) is 4.18 Å². The summed E-state index contributed by atoms with van der Waals surface area (Å²) in [6.07, 6.45) is 0. The SMILES string of the molecule is C[CH2][In]([CH3])[C](N)(Cl)C(=O)OOP(=O)(OCl)OCl. The summed E-state index contributed by atoms with van der Waals surface area (Å²) in [4.78, 5) is 15.6. The monoisotopic (exact) mass is 431 g/mol. The van der Waals surface area contributed by atoms with Crippen molar-refractivity contribution in [1.29, 1.82) is 0 Å². The number of phosphoric acid groups is 1. The molecule has 0 aliphatic carbocycles. The second-order valence-corrected chi connectivity index (χ2v) is 17.0. The summed E-state index contributed by atoms with van der Waals surface area (Å²) in [7, 11) is -4.35. The average Bonchev–Trinajstić information content (AvgIpc) is 2.34. The van der Waals surface area contributed by atoms with Crippen molar-refractivity contribution in [3.05, 3.63) is 0 Å². The fraction of sp³-hybridized carbons (Fsp3) is 0.800. The third kappa shape index (κ3) is 5.42. The number of carbonyl (C=O) groups excluding carboxylic acids is 1. The molecule has 0 amide bonds. The van der Waals surface area contributed by atoms with Crippen LogP contribution in [-0.2, 0) is 27.1 Å². The molecule has 0 aromatic carbocycles. The molecule has 0 heterocycles. The van der Waals surface area contributed by atoms with E-state index in [1.165, 1.54) is 0 Å². The van der Waals surface area contributed by atoms with Crippen molar-refractivity contribution in [3.63, 3.8) is 0 Å². The molecule has 100 valence electrons. The molecule has 0 aromatic rings. The van der Waals surface area contributed by atoms with Crippen molar-refractivity contribution in [3.8, 4) is 0 Å². The number of hydrogen-bond acceptors (Lipinski definition) is 7. The van der Waals surface area contributed by atoms with Gasteiger partial charge < -0.3 is 0 Å². The van der Waals surface area contributed by atoms with Crippen LogP contribution in [0.3, 0.4) is 0 Å². The Morgan fingerprint density at radius 3 is 2.29 bits per heavy atom. The Labute approximate surface area is 121 Å². The van der Waals surface area contributed by atoms with Crippen LogP contribution in [0.15, 0.2) is 0 Å². The first-order chi connectivity index (χ1) is 7.73. The second-order valence-electron chi connectivity index (χ2n) is 3.11. The number of carbonyl (C=O) groups is 1. The van der Waals surface area contributed by atoms with E-state index < -0.39 is 38.0 Å². The minimum absolute atomic E-state index is 0.715. The summed E-state index contributed by atoms with van der Waals surface area (Å²) in [6, 6.07) is 0. The van der Waals surface area contributed by atoms with Crippen LogP contribution < -0.4 is 5.73 Å². The first-order valence-corrected chi connectivity index (χ1v) is 14.1. The van der Waals surface area contributed by atoms with E-state index in [1.807, 2.05) is 11.6 Å². The van der Waals surface area contributed by atoms with Gasteiger partial charge in [-0.2, -0.15) is 0 Å². The van der Waals surface area contributed by atoms with Gasteiger partial charge >= 0.3 is 122 Å². The van der Waals surface area contributed by atoms with Gasteiger partial charge in [0, 0.05) is 0 Å². The summed E-state index contributed by atoms with van der Waals surface area (Å²) in [5, 5.41) is 0. The number of rotatable bonds is 7. The average molecular weight is 432 g/mol. The molecular formula is C5H10Cl3InNO6P. The molecule has 0 aliphatic heterocycles. The Balaban J connectivity index is 4.51. The van der Waals surface area contributed by atoms with E-state index in [-0.39, 0.29) is 0 Å². The Morgan fingerprint density at radius 2 is 1.94 bits per heavy atom. The predicted molar refractivity (Wildman–Crippen MR) is 63.5 cm³/mol. The molecule has 1 atom stereocenters. The van der Waals surface area contributed by atoms with Crippen molar-refractivity contribution >= 4 is 70.6 Å². The van der Waals surface area contributed by atoms with E-state index in [1.54, 1.807) is 0 Å². The van der Waals surface area contributed by atoms with Gasteiger partial charge in [0.15, 0.2) is 0 Å². The number of nitrogens with two attached hydrogens (primary N) is 1. The molecule has 0 saturated carbocycles. The molecule has 1 unspecified atom stereocenters. The number of alkyl halides is 1. The van der Waals surface area contributed by atoms with Crippen molar-refractivity contribution in [2.75, 3.05) is 0 Å². The van der Waals surface area contributed by atoms with Crippen molar-refractivity contribution in [2.45, 2.75) is 18.5 Å². The van der Waals surface area contributed by atoms with Crippen LogP contribution in [0.2, 0.25) is 8.86 Å². The van der Waals surface area contributed by atoms with Crippen molar-refractivity contribution in [1.82, 2.24) is 0 Å². The first-order valence-electron chi connectivity index (χ1n) is 4.32. The summed E-state index contributed by atoms with van der Waals surface area (Å²) >= 11 is 12.8. The molecule has 2 N–H and O–H groups in total. The quantitative estimate of drug-likeness (QED) is 0.217. The Hall–Kier alpha value is 1.28. The Kier molecular flexibility index (Phi) is 8.35. The van der Waals surface area contributed by atoms with Gasteiger partial charge in [-0.3, -0.25) is 0 Å². The Bertz CT molecular complexity index is 310. The number of hydrogen-bond donors (Lipinski definition) is 1. The maximum atomic E-state index is 11.5. The zero-order valence-corrected chi connectivity index (χ0v) is 15.4. The maximum absolute atomic E-state index is 11.5. The normalized spacial score (nSPS) is 15.2. The summed E-state index contributed by atoms with van der Waals surface area (Å²) in [6.45, 7) is 1.85. The van der Waals surface area contributed by atoms with Gasteiger partial charge in [-0.15, -0.1) is 0 Å². The van der Waals surface area contributed by atoms with Crippen LogP contribution in [0.25, 0.3) is 0 Å². The molecule has 0 fully saturated rings. The fourth-order valence-corrected chi connectivity index (χ4v) is 5.34. The summed E-state index contributed by atoms with van der Waals surface area (Å²) < 4.78 is 23.6. The predicted octanol–water partition coefficient (Wildman–Crippen LogP) is 2.49. The molecule has 7 nitrogen and oxygen atoms in total. The molecule has 12 heteroatoms. The Morgan fingerprint density at radius 1 is 1.47 bits per heavy atom. The molecule has 0 rings (SSSR count). The summed E-state index contributed by atoms with van der Waals surface area (Å²) in [5.74, 6) is -1.09. The van der Waals surface area contributed by atoms with E-state index in [9.17, 15) is 9.36 Å². The standard InChI is InChI=1S/C2H2Cl3NO6P.C2H5.CH3.In/c3-1(6)2(7)9-12-13(8,10-4)11-5;1-2;;/h6H2;1H2,2H3;1H3;. The third-order valence-corrected chi connectivity index (χ3v) is 14.5. The molecule has 0 aliphatic rings. The molecule has 0 spiro atoms. The van der Waals surface area contributed by atoms with Crippen LogP contribution >= 0.6 is 43.2 Å². The van der Waals surface area contributed by atoms with E-state index in [0.717, 1.165) is 0 Å². The molecule has 0 aromatic heterocycles. The van der Waals surface area contributed by atoms with Gasteiger partial charge in [-0.25, -0.2) is 0 Å². The van der Waals surface area contributed by atoms with Gasteiger partial charge in [-0.1, -0.05) is 0 Å². The van der Waals surface area contributed by atoms with Crippen molar-refractivity contribution < 1.29 is 27.1 Å². The minimum atomic E-state index is -4.35. The van der Waals surface area contributed by atoms with Gasteiger partial charge in [-0.05, 0) is 0 Å². The second kappa shape index (κ2) is 7.77. The van der Waals surface area contributed by atoms with E-state index >= 15 is 0 Å². The van der Waals surface area contributed by atoms with Crippen LogP contribution in [0.5, 0.6) is 0 Å². The topological polar surface area (TPSA) is 97.1 Å². The van der Waals surface area contributed by atoms with Crippen LogP contribution in [0, 0.1) is 0 Å². The van der Waals surface area contributed by atoms with Gasteiger partial charge in [0.05, 0.1) is 0 Å². The van der Waals surface area contributed by atoms with Crippen LogP contribution in [0.1, 0.15) is 6.92 Å². The molecule has 0 saturated heterocycles. The van der Waals surface area contributed by atoms with Gasteiger partial charge in [0.1, 0.15) is 0 Å².